The lowest BCUT2D eigenvalue weighted by atomic mass is 10.0. The molecule has 2 heterocycles. The standard InChI is InChI=1S/C60H36N4O2/c1-62-46-15-9-17-50(35-46)64(48-24-20-43(21-25-48)41-13-6-3-7-14-41)52-27-29-54-56-32-45-33-57-55(31-44(45)34-58(56)66-60(54)37-52)53-28-26-51(36-59(53)65-57)63(49-16-8-10-39(30-49)38-61)47-22-18-42(19-23-47)40-11-4-2-5-12-40/h2-37H. The molecule has 0 bridgehead atoms. The molecule has 6 heteroatoms. The van der Waals surface area contributed by atoms with E-state index in [0.29, 0.717) is 11.3 Å². The molecular formula is C60H36N4O2. The van der Waals surface area contributed by atoms with Crippen LogP contribution in [0.1, 0.15) is 5.56 Å². The van der Waals surface area contributed by atoms with Crippen molar-refractivity contribution in [3.8, 4) is 28.3 Å². The number of rotatable bonds is 8. The molecule has 0 unspecified atom stereocenters. The first-order valence-corrected chi connectivity index (χ1v) is 21.7. The van der Waals surface area contributed by atoms with E-state index in [1.807, 2.05) is 84.9 Å². The van der Waals surface area contributed by atoms with Crippen molar-refractivity contribution >= 4 is 94.5 Å². The summed E-state index contributed by atoms with van der Waals surface area (Å²) in [6.45, 7) is 7.72. The third kappa shape index (κ3) is 6.75. The van der Waals surface area contributed by atoms with Gasteiger partial charge in [0.25, 0.3) is 0 Å². The van der Waals surface area contributed by atoms with Crippen molar-refractivity contribution < 1.29 is 8.83 Å². The molecule has 66 heavy (non-hydrogen) atoms. The van der Waals surface area contributed by atoms with Crippen LogP contribution in [0.3, 0.4) is 0 Å². The van der Waals surface area contributed by atoms with Crippen molar-refractivity contribution in [3.05, 3.63) is 235 Å². The maximum Gasteiger partial charge on any atom is 0.189 e. The average Bonchev–Trinajstić information content (AvgIpc) is 3.92. The van der Waals surface area contributed by atoms with Crippen molar-refractivity contribution in [1.82, 2.24) is 0 Å². The smallest absolute Gasteiger partial charge is 0.189 e. The van der Waals surface area contributed by atoms with Crippen LogP contribution >= 0.6 is 0 Å². The molecule has 12 rings (SSSR count). The van der Waals surface area contributed by atoms with Crippen LogP contribution in [0, 0.1) is 17.9 Å². The lowest BCUT2D eigenvalue weighted by Gasteiger charge is -2.26. The minimum atomic E-state index is 0.572. The molecule has 2 aromatic heterocycles. The van der Waals surface area contributed by atoms with E-state index in [9.17, 15) is 5.26 Å². The van der Waals surface area contributed by atoms with E-state index in [1.165, 1.54) is 0 Å². The molecular weight excluding hydrogens is 809 g/mol. The van der Waals surface area contributed by atoms with Gasteiger partial charge in [0, 0.05) is 67.8 Å². The zero-order valence-corrected chi connectivity index (χ0v) is 35.4. The van der Waals surface area contributed by atoms with Crippen LogP contribution in [0.25, 0.3) is 81.7 Å². The Bertz CT molecular complexity index is 3640. The summed E-state index contributed by atoms with van der Waals surface area (Å²) in [6.07, 6.45) is 0. The number of hydrogen-bond donors (Lipinski definition) is 0. The van der Waals surface area contributed by atoms with E-state index in [0.717, 1.165) is 111 Å². The van der Waals surface area contributed by atoms with Crippen LogP contribution in [-0.4, -0.2) is 0 Å². The number of benzene rings is 10. The Morgan fingerprint density at radius 2 is 0.788 bits per heavy atom. The number of nitriles is 1. The minimum absolute atomic E-state index is 0.572. The summed E-state index contributed by atoms with van der Waals surface area (Å²) in [5.41, 5.74) is 14.4. The monoisotopic (exact) mass is 844 g/mol. The summed E-state index contributed by atoms with van der Waals surface area (Å²) in [7, 11) is 0. The van der Waals surface area contributed by atoms with Gasteiger partial charge in [0.2, 0.25) is 0 Å². The van der Waals surface area contributed by atoms with E-state index in [1.54, 1.807) is 0 Å². The van der Waals surface area contributed by atoms with Crippen LogP contribution in [-0.2, 0) is 0 Å². The Kier molecular flexibility index (Phi) is 9.16. The van der Waals surface area contributed by atoms with Crippen molar-refractivity contribution in [1.29, 1.82) is 5.26 Å². The van der Waals surface area contributed by atoms with Crippen molar-refractivity contribution in [2.24, 2.45) is 0 Å². The van der Waals surface area contributed by atoms with Crippen LogP contribution in [0.4, 0.5) is 39.8 Å². The zero-order chi connectivity index (χ0) is 44.1. The Balaban J connectivity index is 0.923. The normalized spacial score (nSPS) is 11.3. The first-order chi connectivity index (χ1) is 32.6. The van der Waals surface area contributed by atoms with Gasteiger partial charge in [-0.2, -0.15) is 5.26 Å². The molecule has 0 saturated carbocycles. The van der Waals surface area contributed by atoms with Crippen LogP contribution < -0.4 is 9.80 Å². The number of hydrogen-bond acceptors (Lipinski definition) is 5. The Labute approximate surface area is 380 Å². The predicted molar refractivity (Wildman–Crippen MR) is 270 cm³/mol. The third-order valence-corrected chi connectivity index (χ3v) is 12.4. The quantitative estimate of drug-likeness (QED) is 0.143. The van der Waals surface area contributed by atoms with Crippen molar-refractivity contribution in [3.63, 3.8) is 0 Å². The summed E-state index contributed by atoms with van der Waals surface area (Å²) in [6, 6.07) is 76.7. The lowest BCUT2D eigenvalue weighted by molar-refractivity contribution is 0.668. The molecule has 0 aliphatic heterocycles. The maximum absolute atomic E-state index is 9.81. The molecule has 0 atom stereocenters. The number of anilines is 6. The second kappa shape index (κ2) is 15.8. The molecule has 12 aromatic rings. The number of furan rings is 2. The van der Waals surface area contributed by atoms with Crippen LogP contribution in [0.5, 0.6) is 0 Å². The van der Waals surface area contributed by atoms with Gasteiger partial charge >= 0.3 is 0 Å². The fourth-order valence-corrected chi connectivity index (χ4v) is 9.23. The second-order valence-corrected chi connectivity index (χ2v) is 16.4. The Morgan fingerprint density at radius 1 is 0.364 bits per heavy atom. The van der Waals surface area contributed by atoms with E-state index >= 15 is 0 Å². The topological polar surface area (TPSA) is 60.9 Å². The molecule has 0 aliphatic rings. The van der Waals surface area contributed by atoms with Gasteiger partial charge in [0.1, 0.15) is 22.3 Å². The highest BCUT2D eigenvalue weighted by molar-refractivity contribution is 6.15. The van der Waals surface area contributed by atoms with Gasteiger partial charge in [-0.1, -0.05) is 103 Å². The SMILES string of the molecule is [C-]#[N+]c1cccc(N(c2ccc(-c3ccccc3)cc2)c2ccc3c(c2)oc2cc4cc5c(cc4cc23)oc2cc(N(c3ccc(-c4ccccc4)cc3)c3cccc(C#N)c3)ccc25)c1. The largest absolute Gasteiger partial charge is 0.456 e. The zero-order valence-electron chi connectivity index (χ0n) is 35.4. The van der Waals surface area contributed by atoms with Crippen LogP contribution in [0.2, 0.25) is 0 Å². The molecule has 0 N–H and O–H groups in total. The Hall–Kier alpha value is -9.36. The van der Waals surface area contributed by atoms with E-state index in [4.69, 9.17) is 15.4 Å². The summed E-state index contributed by atoms with van der Waals surface area (Å²) in [5, 5.41) is 16.0. The Morgan fingerprint density at radius 3 is 1.27 bits per heavy atom. The summed E-state index contributed by atoms with van der Waals surface area (Å²) < 4.78 is 13.4. The first-order valence-electron chi connectivity index (χ1n) is 21.7. The molecule has 6 nitrogen and oxygen atoms in total. The molecule has 0 aliphatic carbocycles. The van der Waals surface area contributed by atoms with Gasteiger partial charge in [-0.05, 0) is 136 Å². The molecule has 0 spiro atoms. The van der Waals surface area contributed by atoms with Gasteiger partial charge in [0.15, 0.2) is 5.69 Å². The van der Waals surface area contributed by atoms with Gasteiger partial charge in [-0.3, -0.25) is 0 Å². The molecule has 308 valence electrons. The second-order valence-electron chi connectivity index (χ2n) is 16.4. The molecule has 10 aromatic carbocycles. The van der Waals surface area contributed by atoms with Crippen LogP contribution in [0.15, 0.2) is 227 Å². The van der Waals surface area contributed by atoms with E-state index in [2.05, 4.69) is 154 Å². The molecule has 0 amide bonds. The number of fused-ring (bicyclic) bond motifs is 7. The summed E-state index contributed by atoms with van der Waals surface area (Å²) >= 11 is 0. The first kappa shape index (κ1) is 38.3. The van der Waals surface area contributed by atoms with E-state index in [-0.39, 0.29) is 0 Å². The van der Waals surface area contributed by atoms with Gasteiger partial charge in [-0.15, -0.1) is 0 Å². The highest BCUT2D eigenvalue weighted by Gasteiger charge is 2.20. The van der Waals surface area contributed by atoms with Gasteiger partial charge in [-0.25, -0.2) is 4.85 Å². The summed E-state index contributed by atoms with van der Waals surface area (Å²) in [4.78, 5) is 8.06. The van der Waals surface area contributed by atoms with E-state index < -0.39 is 0 Å². The third-order valence-electron chi connectivity index (χ3n) is 12.4. The van der Waals surface area contributed by atoms with Crippen molar-refractivity contribution in [2.45, 2.75) is 0 Å². The number of nitrogens with zero attached hydrogens (tertiary/aromatic N) is 4. The lowest BCUT2D eigenvalue weighted by Crippen LogP contribution is -2.10. The average molecular weight is 845 g/mol. The minimum Gasteiger partial charge on any atom is -0.456 e. The fraction of sp³-hybridized carbons (Fsp3) is 0. The highest BCUT2D eigenvalue weighted by atomic mass is 16.3. The highest BCUT2D eigenvalue weighted by Crippen LogP contribution is 2.43. The molecule has 0 fully saturated rings. The molecule has 0 radical (unpaired) electrons. The molecule has 0 saturated heterocycles. The van der Waals surface area contributed by atoms with Gasteiger partial charge in [0.05, 0.1) is 18.2 Å². The van der Waals surface area contributed by atoms with Crippen molar-refractivity contribution in [2.75, 3.05) is 9.80 Å². The predicted octanol–water partition coefficient (Wildman–Crippen LogP) is 17.3. The maximum atomic E-state index is 9.81. The fourth-order valence-electron chi connectivity index (χ4n) is 9.23. The summed E-state index contributed by atoms with van der Waals surface area (Å²) in [5.74, 6) is 0. The van der Waals surface area contributed by atoms with Gasteiger partial charge < -0.3 is 18.6 Å².